The van der Waals surface area contributed by atoms with Crippen molar-refractivity contribution in [1.82, 2.24) is 14.9 Å². The van der Waals surface area contributed by atoms with Gasteiger partial charge in [-0.3, -0.25) is 4.98 Å². The minimum absolute atomic E-state index is 0.0428. The normalized spacial score (nSPS) is 21.6. The number of pyridine rings is 1. The van der Waals surface area contributed by atoms with Crippen LogP contribution in [0.4, 0.5) is 5.69 Å². The van der Waals surface area contributed by atoms with Gasteiger partial charge < -0.3 is 19.5 Å². The molecule has 2 atom stereocenters. The quantitative estimate of drug-likeness (QED) is 0.451. The van der Waals surface area contributed by atoms with Gasteiger partial charge in [0.05, 0.1) is 23.9 Å². The van der Waals surface area contributed by atoms with E-state index < -0.39 is 0 Å². The summed E-state index contributed by atoms with van der Waals surface area (Å²) in [6, 6.07) is 16.7. The number of aromatic nitrogens is 2. The highest BCUT2D eigenvalue weighted by molar-refractivity contribution is 7.80. The van der Waals surface area contributed by atoms with Gasteiger partial charge in [-0.15, -0.1) is 0 Å². The molecule has 166 valence electrons. The Labute approximate surface area is 199 Å². The zero-order valence-electron chi connectivity index (χ0n) is 18.1. The molecule has 2 aliphatic rings. The van der Waals surface area contributed by atoms with E-state index in [9.17, 15) is 0 Å². The van der Waals surface area contributed by atoms with Gasteiger partial charge >= 0.3 is 0 Å². The van der Waals surface area contributed by atoms with Crippen LogP contribution in [0.5, 0.6) is 5.75 Å². The number of halogens is 1. The van der Waals surface area contributed by atoms with Gasteiger partial charge in [0.1, 0.15) is 11.8 Å². The van der Waals surface area contributed by atoms with E-state index in [-0.39, 0.29) is 12.1 Å². The summed E-state index contributed by atoms with van der Waals surface area (Å²) in [5.41, 5.74) is 3.15. The Balaban J connectivity index is 1.61. The smallest absolute Gasteiger partial charge is 0.174 e. The fraction of sp³-hybridized carbons (Fsp3) is 0.360. The van der Waals surface area contributed by atoms with Gasteiger partial charge in [0.25, 0.3) is 0 Å². The van der Waals surface area contributed by atoms with Crippen molar-refractivity contribution in [3.63, 3.8) is 0 Å². The molecular formula is C25H27ClN4OS. The first-order valence-electron chi connectivity index (χ1n) is 11.2. The Kier molecular flexibility index (Phi) is 6.07. The molecule has 5 rings (SSSR count). The van der Waals surface area contributed by atoms with Gasteiger partial charge in [-0.05, 0) is 67.5 Å². The second-order valence-corrected chi connectivity index (χ2v) is 9.24. The van der Waals surface area contributed by atoms with Crippen molar-refractivity contribution in [3.8, 4) is 5.75 Å². The summed E-state index contributed by atoms with van der Waals surface area (Å²) in [4.78, 5) is 6.84. The molecule has 3 aromatic rings. The molecule has 1 aliphatic heterocycles. The fourth-order valence-electron chi connectivity index (χ4n) is 5.09. The first-order valence-corrected chi connectivity index (χ1v) is 12.0. The van der Waals surface area contributed by atoms with Crippen molar-refractivity contribution < 1.29 is 4.74 Å². The van der Waals surface area contributed by atoms with Crippen molar-refractivity contribution in [1.29, 1.82) is 0 Å². The lowest BCUT2D eigenvalue weighted by Gasteiger charge is -2.32. The average molecular weight is 467 g/mol. The minimum Gasteiger partial charge on any atom is -0.495 e. The Bertz CT molecular complexity index is 1100. The predicted molar refractivity (Wildman–Crippen MR) is 132 cm³/mol. The molecule has 1 aliphatic carbocycles. The second kappa shape index (κ2) is 9.12. The van der Waals surface area contributed by atoms with Crippen LogP contribution < -0.4 is 15.0 Å². The SMILES string of the molecule is COc1ccc(N2C(=S)N[C@H](c3ccccn3)[C@H]2c2cccn2C2CCCCC2)cc1Cl. The van der Waals surface area contributed by atoms with E-state index in [1.165, 1.54) is 37.8 Å². The van der Waals surface area contributed by atoms with Gasteiger partial charge in [0.2, 0.25) is 0 Å². The zero-order valence-corrected chi connectivity index (χ0v) is 19.6. The van der Waals surface area contributed by atoms with Crippen molar-refractivity contribution in [3.05, 3.63) is 77.3 Å². The molecule has 1 saturated heterocycles. The summed E-state index contributed by atoms with van der Waals surface area (Å²) < 4.78 is 7.83. The third-order valence-corrected chi connectivity index (χ3v) is 7.20. The highest BCUT2D eigenvalue weighted by Gasteiger charge is 2.42. The zero-order chi connectivity index (χ0) is 22.1. The summed E-state index contributed by atoms with van der Waals surface area (Å²) in [6.45, 7) is 0. The first-order chi connectivity index (χ1) is 15.7. The predicted octanol–water partition coefficient (Wildman–Crippen LogP) is 6.23. The number of ether oxygens (including phenoxy) is 1. The van der Waals surface area contributed by atoms with Crippen LogP contribution in [0, 0.1) is 0 Å². The molecule has 0 radical (unpaired) electrons. The summed E-state index contributed by atoms with van der Waals surface area (Å²) in [6.07, 6.45) is 10.4. The van der Waals surface area contributed by atoms with Crippen molar-refractivity contribution >= 4 is 34.6 Å². The van der Waals surface area contributed by atoms with Crippen LogP contribution in [-0.4, -0.2) is 21.8 Å². The van der Waals surface area contributed by atoms with E-state index in [0.29, 0.717) is 21.9 Å². The van der Waals surface area contributed by atoms with Gasteiger partial charge in [-0.2, -0.15) is 0 Å². The number of nitrogens with zero attached hydrogens (tertiary/aromatic N) is 3. The maximum absolute atomic E-state index is 6.50. The molecule has 2 fully saturated rings. The molecule has 0 unspecified atom stereocenters. The monoisotopic (exact) mass is 466 g/mol. The Morgan fingerprint density at radius 1 is 1.09 bits per heavy atom. The molecule has 0 amide bonds. The molecule has 1 N–H and O–H groups in total. The number of benzene rings is 1. The Morgan fingerprint density at radius 3 is 2.66 bits per heavy atom. The lowest BCUT2D eigenvalue weighted by molar-refractivity contribution is 0.340. The molecule has 1 aromatic carbocycles. The van der Waals surface area contributed by atoms with Crippen molar-refractivity contribution in [2.24, 2.45) is 0 Å². The molecule has 7 heteroatoms. The number of hydrogen-bond donors (Lipinski definition) is 1. The van der Waals surface area contributed by atoms with Gasteiger partial charge in [0.15, 0.2) is 5.11 Å². The highest BCUT2D eigenvalue weighted by atomic mass is 35.5. The van der Waals surface area contributed by atoms with E-state index in [1.54, 1.807) is 7.11 Å². The average Bonchev–Trinajstić information content (AvgIpc) is 3.44. The van der Waals surface area contributed by atoms with E-state index in [0.717, 1.165) is 11.4 Å². The van der Waals surface area contributed by atoms with Crippen LogP contribution in [-0.2, 0) is 0 Å². The second-order valence-electron chi connectivity index (χ2n) is 8.45. The number of anilines is 1. The topological polar surface area (TPSA) is 42.3 Å². The molecule has 0 spiro atoms. The van der Waals surface area contributed by atoms with E-state index >= 15 is 0 Å². The van der Waals surface area contributed by atoms with Crippen molar-refractivity contribution in [2.75, 3.05) is 12.0 Å². The van der Waals surface area contributed by atoms with Crippen LogP contribution in [0.15, 0.2) is 60.9 Å². The van der Waals surface area contributed by atoms with Crippen LogP contribution >= 0.6 is 23.8 Å². The fourth-order valence-corrected chi connectivity index (χ4v) is 5.69. The van der Waals surface area contributed by atoms with E-state index in [2.05, 4.69) is 44.2 Å². The Morgan fingerprint density at radius 2 is 1.94 bits per heavy atom. The summed E-state index contributed by atoms with van der Waals surface area (Å²) in [5.74, 6) is 0.650. The summed E-state index contributed by atoms with van der Waals surface area (Å²) in [5, 5.41) is 4.78. The van der Waals surface area contributed by atoms with Gasteiger partial charge in [-0.1, -0.05) is 36.9 Å². The van der Waals surface area contributed by atoms with Crippen LogP contribution in [0.25, 0.3) is 0 Å². The van der Waals surface area contributed by atoms with E-state index in [1.807, 2.05) is 36.5 Å². The van der Waals surface area contributed by atoms with Gasteiger partial charge in [0, 0.05) is 29.8 Å². The highest BCUT2D eigenvalue weighted by Crippen LogP contribution is 2.44. The number of hydrogen-bond acceptors (Lipinski definition) is 3. The molecule has 32 heavy (non-hydrogen) atoms. The lowest BCUT2D eigenvalue weighted by atomic mass is 9.94. The molecular weight excluding hydrogens is 440 g/mol. The maximum Gasteiger partial charge on any atom is 0.174 e. The molecule has 3 heterocycles. The maximum atomic E-state index is 6.50. The van der Waals surface area contributed by atoms with Crippen LogP contribution in [0.1, 0.15) is 61.6 Å². The minimum atomic E-state index is -0.0678. The van der Waals surface area contributed by atoms with Crippen molar-refractivity contribution in [2.45, 2.75) is 50.2 Å². The molecule has 5 nitrogen and oxygen atoms in total. The first kappa shape index (κ1) is 21.3. The third-order valence-electron chi connectivity index (χ3n) is 6.59. The number of methoxy groups -OCH3 is 1. The van der Waals surface area contributed by atoms with Crippen LogP contribution in [0.3, 0.4) is 0 Å². The van der Waals surface area contributed by atoms with Crippen LogP contribution in [0.2, 0.25) is 5.02 Å². The largest absolute Gasteiger partial charge is 0.495 e. The summed E-state index contributed by atoms with van der Waals surface area (Å²) in [7, 11) is 1.62. The lowest BCUT2D eigenvalue weighted by Crippen LogP contribution is -2.31. The molecule has 0 bridgehead atoms. The standard InChI is InChI=1S/C25H27ClN4OS/c1-31-22-13-12-18(16-19(22)26)30-24(23(28-25(30)32)20-10-5-6-14-27-20)21-11-7-15-29(21)17-8-3-2-4-9-17/h5-7,10-17,23-24H,2-4,8-9H2,1H3,(H,28,32)/t23-,24-/m1/s1. The summed E-state index contributed by atoms with van der Waals surface area (Å²) >= 11 is 12.4. The number of rotatable bonds is 5. The van der Waals surface area contributed by atoms with Gasteiger partial charge in [-0.25, -0.2) is 0 Å². The molecule has 2 aromatic heterocycles. The Hall–Kier alpha value is -2.57. The number of thiocarbonyl (C=S) groups is 1. The van der Waals surface area contributed by atoms with E-state index in [4.69, 9.17) is 28.6 Å². The third kappa shape index (κ3) is 3.86. The number of nitrogens with one attached hydrogen (secondary N) is 1. The molecule has 1 saturated carbocycles.